The number of nitrogens with one attached hydrogen (secondary N) is 1. The van der Waals surface area contributed by atoms with Crippen LogP contribution in [0.5, 0.6) is 0 Å². The van der Waals surface area contributed by atoms with E-state index in [2.05, 4.69) is 26.2 Å². The highest BCUT2D eigenvalue weighted by Gasteiger charge is 2.07. The first-order valence-corrected chi connectivity index (χ1v) is 7.13. The van der Waals surface area contributed by atoms with Crippen LogP contribution in [-0.2, 0) is 0 Å². The number of aromatic nitrogens is 1. The number of carbonyl (C=O) groups is 1. The SMILES string of the molecule is Nc1ccc(NC(=O)c2ccc3cc(Br)ccc3c2)cn1. The van der Waals surface area contributed by atoms with Gasteiger partial charge in [0.15, 0.2) is 0 Å². The number of rotatable bonds is 2. The first-order valence-electron chi connectivity index (χ1n) is 6.34. The topological polar surface area (TPSA) is 68.0 Å². The maximum absolute atomic E-state index is 12.2. The number of nitrogens with zero attached hydrogens (tertiary/aromatic N) is 1. The van der Waals surface area contributed by atoms with Crippen molar-refractivity contribution >= 4 is 44.1 Å². The molecule has 0 atom stereocenters. The number of hydrogen-bond donors (Lipinski definition) is 2. The molecule has 3 aromatic rings. The second-order valence-electron chi connectivity index (χ2n) is 4.63. The number of fused-ring (bicyclic) bond motifs is 1. The maximum Gasteiger partial charge on any atom is 0.255 e. The van der Waals surface area contributed by atoms with Crippen molar-refractivity contribution in [3.8, 4) is 0 Å². The second kappa shape index (κ2) is 5.54. The number of amides is 1. The van der Waals surface area contributed by atoms with Crippen molar-refractivity contribution in [1.29, 1.82) is 0 Å². The molecule has 0 saturated carbocycles. The van der Waals surface area contributed by atoms with Crippen LogP contribution in [0.2, 0.25) is 0 Å². The van der Waals surface area contributed by atoms with Crippen LogP contribution in [0, 0.1) is 0 Å². The molecule has 3 N–H and O–H groups in total. The molecule has 4 nitrogen and oxygen atoms in total. The van der Waals surface area contributed by atoms with Gasteiger partial charge in [0.25, 0.3) is 5.91 Å². The summed E-state index contributed by atoms with van der Waals surface area (Å²) in [5.74, 6) is 0.246. The maximum atomic E-state index is 12.2. The monoisotopic (exact) mass is 341 g/mol. The summed E-state index contributed by atoms with van der Waals surface area (Å²) in [6.45, 7) is 0. The van der Waals surface area contributed by atoms with Crippen molar-refractivity contribution < 1.29 is 4.79 Å². The van der Waals surface area contributed by atoms with Crippen molar-refractivity contribution in [2.24, 2.45) is 0 Å². The molecule has 0 radical (unpaired) electrons. The predicted octanol–water partition coefficient (Wildman–Crippen LogP) is 3.83. The summed E-state index contributed by atoms with van der Waals surface area (Å²) < 4.78 is 1.01. The molecular formula is C16H12BrN3O. The molecule has 2 aromatic carbocycles. The van der Waals surface area contributed by atoms with Crippen LogP contribution in [-0.4, -0.2) is 10.9 Å². The molecule has 1 aromatic heterocycles. The second-order valence-corrected chi connectivity index (χ2v) is 5.55. The summed E-state index contributed by atoms with van der Waals surface area (Å²) in [5, 5.41) is 4.89. The molecule has 0 bridgehead atoms. The quantitative estimate of drug-likeness (QED) is 0.744. The van der Waals surface area contributed by atoms with Gasteiger partial charge in [-0.15, -0.1) is 0 Å². The fourth-order valence-corrected chi connectivity index (χ4v) is 2.42. The normalized spacial score (nSPS) is 10.5. The third kappa shape index (κ3) is 3.03. The van der Waals surface area contributed by atoms with Crippen molar-refractivity contribution in [3.63, 3.8) is 0 Å². The van der Waals surface area contributed by atoms with Gasteiger partial charge in [-0.05, 0) is 47.2 Å². The molecule has 21 heavy (non-hydrogen) atoms. The van der Waals surface area contributed by atoms with Crippen LogP contribution in [0.25, 0.3) is 10.8 Å². The molecule has 0 spiro atoms. The van der Waals surface area contributed by atoms with Gasteiger partial charge in [0.05, 0.1) is 11.9 Å². The van der Waals surface area contributed by atoms with Gasteiger partial charge in [0.1, 0.15) is 5.82 Å². The average Bonchev–Trinajstić information content (AvgIpc) is 2.49. The van der Waals surface area contributed by atoms with Crippen LogP contribution in [0.1, 0.15) is 10.4 Å². The number of nitrogen functional groups attached to an aromatic ring is 1. The van der Waals surface area contributed by atoms with E-state index < -0.39 is 0 Å². The van der Waals surface area contributed by atoms with E-state index >= 15 is 0 Å². The van der Waals surface area contributed by atoms with Gasteiger partial charge >= 0.3 is 0 Å². The summed E-state index contributed by atoms with van der Waals surface area (Å²) >= 11 is 3.43. The molecule has 3 rings (SSSR count). The molecule has 104 valence electrons. The molecule has 0 aliphatic carbocycles. The number of nitrogens with two attached hydrogens (primary N) is 1. The van der Waals surface area contributed by atoms with Crippen LogP contribution >= 0.6 is 15.9 Å². The largest absolute Gasteiger partial charge is 0.384 e. The molecule has 0 aliphatic rings. The third-order valence-electron chi connectivity index (χ3n) is 3.11. The average molecular weight is 342 g/mol. The lowest BCUT2D eigenvalue weighted by Gasteiger charge is -2.06. The Bertz CT molecular complexity index is 815. The molecule has 1 amide bonds. The smallest absolute Gasteiger partial charge is 0.255 e. The number of carbonyl (C=O) groups excluding carboxylic acids is 1. The zero-order valence-electron chi connectivity index (χ0n) is 11.0. The van der Waals surface area contributed by atoms with E-state index in [0.717, 1.165) is 15.2 Å². The fourth-order valence-electron chi connectivity index (χ4n) is 2.04. The van der Waals surface area contributed by atoms with E-state index in [9.17, 15) is 4.79 Å². The molecule has 0 aliphatic heterocycles. The number of pyridine rings is 1. The van der Waals surface area contributed by atoms with Crippen LogP contribution in [0.4, 0.5) is 11.5 Å². The van der Waals surface area contributed by atoms with E-state index in [-0.39, 0.29) is 5.91 Å². The lowest BCUT2D eigenvalue weighted by molar-refractivity contribution is 0.102. The Morgan fingerprint density at radius 1 is 1.05 bits per heavy atom. The Kier molecular flexibility index (Phi) is 3.58. The minimum Gasteiger partial charge on any atom is -0.384 e. The van der Waals surface area contributed by atoms with Crippen molar-refractivity contribution in [3.05, 3.63) is 64.8 Å². The van der Waals surface area contributed by atoms with Gasteiger partial charge in [-0.3, -0.25) is 4.79 Å². The molecule has 0 fully saturated rings. The first-order chi connectivity index (χ1) is 10.1. The molecule has 0 unspecified atom stereocenters. The minimum absolute atomic E-state index is 0.175. The first kappa shape index (κ1) is 13.6. The van der Waals surface area contributed by atoms with Gasteiger partial charge < -0.3 is 11.1 Å². The summed E-state index contributed by atoms with van der Waals surface area (Å²) in [5.41, 5.74) is 6.73. The Morgan fingerprint density at radius 3 is 2.57 bits per heavy atom. The van der Waals surface area contributed by atoms with Gasteiger partial charge in [0.2, 0.25) is 0 Å². The fraction of sp³-hybridized carbons (Fsp3) is 0. The Balaban J connectivity index is 1.87. The summed E-state index contributed by atoms with van der Waals surface area (Å²) in [4.78, 5) is 16.2. The van der Waals surface area contributed by atoms with Gasteiger partial charge in [-0.1, -0.05) is 28.1 Å². The lowest BCUT2D eigenvalue weighted by Crippen LogP contribution is -2.12. The summed E-state index contributed by atoms with van der Waals surface area (Å²) in [6.07, 6.45) is 1.53. The minimum atomic E-state index is -0.175. The zero-order chi connectivity index (χ0) is 14.8. The highest BCUT2D eigenvalue weighted by atomic mass is 79.9. The van der Waals surface area contributed by atoms with E-state index in [1.54, 1.807) is 18.2 Å². The summed E-state index contributed by atoms with van der Waals surface area (Å²) in [6, 6.07) is 14.9. The Morgan fingerprint density at radius 2 is 1.81 bits per heavy atom. The lowest BCUT2D eigenvalue weighted by atomic mass is 10.1. The number of anilines is 2. The highest BCUT2D eigenvalue weighted by molar-refractivity contribution is 9.10. The van der Waals surface area contributed by atoms with Crippen LogP contribution in [0.15, 0.2) is 59.2 Å². The van der Waals surface area contributed by atoms with Gasteiger partial charge in [0, 0.05) is 10.0 Å². The van der Waals surface area contributed by atoms with Gasteiger partial charge in [-0.25, -0.2) is 4.98 Å². The third-order valence-corrected chi connectivity index (χ3v) is 3.60. The summed E-state index contributed by atoms with van der Waals surface area (Å²) in [7, 11) is 0. The zero-order valence-corrected chi connectivity index (χ0v) is 12.6. The highest BCUT2D eigenvalue weighted by Crippen LogP contribution is 2.21. The van der Waals surface area contributed by atoms with Crippen LogP contribution < -0.4 is 11.1 Å². The van der Waals surface area contributed by atoms with Crippen LogP contribution in [0.3, 0.4) is 0 Å². The Labute approximate surface area is 130 Å². The number of hydrogen-bond acceptors (Lipinski definition) is 3. The molecular weight excluding hydrogens is 330 g/mol. The molecule has 5 heteroatoms. The van der Waals surface area contributed by atoms with Crippen molar-refractivity contribution in [1.82, 2.24) is 4.98 Å². The molecule has 1 heterocycles. The number of benzene rings is 2. The van der Waals surface area contributed by atoms with Crippen molar-refractivity contribution in [2.45, 2.75) is 0 Å². The number of halogens is 1. The van der Waals surface area contributed by atoms with Crippen molar-refractivity contribution in [2.75, 3.05) is 11.1 Å². The molecule has 0 saturated heterocycles. The predicted molar refractivity (Wildman–Crippen MR) is 88.3 cm³/mol. The van der Waals surface area contributed by atoms with E-state index in [1.165, 1.54) is 6.20 Å². The Hall–Kier alpha value is -2.40. The van der Waals surface area contributed by atoms with E-state index in [4.69, 9.17) is 5.73 Å². The standard InChI is InChI=1S/C16H12BrN3O/c17-13-4-3-10-7-12(2-1-11(10)8-13)16(21)20-14-5-6-15(18)19-9-14/h1-9H,(H2,18,19)(H,20,21). The van der Waals surface area contributed by atoms with E-state index in [0.29, 0.717) is 17.1 Å². The van der Waals surface area contributed by atoms with E-state index in [1.807, 2.05) is 30.3 Å². The van der Waals surface area contributed by atoms with Gasteiger partial charge in [-0.2, -0.15) is 0 Å².